The zero-order valence-corrected chi connectivity index (χ0v) is 10.5. The van der Waals surface area contributed by atoms with Gasteiger partial charge in [0.2, 0.25) is 0 Å². The predicted molar refractivity (Wildman–Crippen MR) is 65.7 cm³/mol. The maximum Gasteiger partial charge on any atom is 0.0700 e. The number of methoxy groups -OCH3 is 1. The Kier molecular flexibility index (Phi) is 8.38. The summed E-state index contributed by atoms with van der Waals surface area (Å²) in [5.41, 5.74) is 0. The lowest BCUT2D eigenvalue weighted by Crippen LogP contribution is -2.34. The highest BCUT2D eigenvalue weighted by Crippen LogP contribution is 2.16. The molecule has 1 aliphatic rings. The molecular formula is C11H23NO2S. The van der Waals surface area contributed by atoms with Crippen LogP contribution in [0.2, 0.25) is 0 Å². The maximum atomic E-state index is 5.39. The summed E-state index contributed by atoms with van der Waals surface area (Å²) in [6, 6.07) is 0.739. The highest BCUT2D eigenvalue weighted by atomic mass is 32.2. The molecule has 1 aliphatic heterocycles. The summed E-state index contributed by atoms with van der Waals surface area (Å²) in [7, 11) is 1.70. The van der Waals surface area contributed by atoms with Crippen LogP contribution in [0.1, 0.15) is 19.3 Å². The Morgan fingerprint density at radius 3 is 3.00 bits per heavy atom. The van der Waals surface area contributed by atoms with E-state index in [9.17, 15) is 0 Å². The fourth-order valence-corrected chi connectivity index (χ4v) is 2.73. The molecule has 1 atom stereocenters. The third kappa shape index (κ3) is 7.17. The van der Waals surface area contributed by atoms with Gasteiger partial charge in [-0.2, -0.15) is 11.8 Å². The zero-order chi connectivity index (χ0) is 10.8. The Hall–Kier alpha value is 0.230. The highest BCUT2D eigenvalue weighted by molar-refractivity contribution is 7.99. The summed E-state index contributed by atoms with van der Waals surface area (Å²) in [5, 5.41) is 3.58. The van der Waals surface area contributed by atoms with Crippen LogP contribution in [0.25, 0.3) is 0 Å². The molecule has 0 aliphatic carbocycles. The molecule has 1 heterocycles. The van der Waals surface area contributed by atoms with Gasteiger partial charge < -0.3 is 14.8 Å². The van der Waals surface area contributed by atoms with Gasteiger partial charge in [-0.05, 0) is 31.6 Å². The lowest BCUT2D eigenvalue weighted by atomic mass is 10.2. The Morgan fingerprint density at radius 2 is 2.27 bits per heavy atom. The first-order chi connectivity index (χ1) is 7.43. The van der Waals surface area contributed by atoms with Crippen molar-refractivity contribution >= 4 is 11.8 Å². The molecular weight excluding hydrogens is 210 g/mol. The van der Waals surface area contributed by atoms with Crippen molar-refractivity contribution in [2.45, 2.75) is 25.3 Å². The Bertz CT molecular complexity index is 141. The van der Waals surface area contributed by atoms with Gasteiger partial charge in [-0.25, -0.2) is 0 Å². The van der Waals surface area contributed by atoms with E-state index < -0.39 is 0 Å². The summed E-state index contributed by atoms with van der Waals surface area (Å²) < 4.78 is 10.3. The molecule has 15 heavy (non-hydrogen) atoms. The standard InChI is InChI=1S/C11H23NO2S/c1-13-7-8-14-6-3-5-12-11-4-2-9-15-10-11/h11-12H,2-10H2,1H3. The van der Waals surface area contributed by atoms with Crippen LogP contribution in [0.15, 0.2) is 0 Å². The maximum absolute atomic E-state index is 5.39. The van der Waals surface area contributed by atoms with Crippen LogP contribution in [0.4, 0.5) is 0 Å². The SMILES string of the molecule is COCCOCCCNC1CCCSC1. The van der Waals surface area contributed by atoms with E-state index in [-0.39, 0.29) is 0 Å². The first kappa shape index (κ1) is 13.3. The van der Waals surface area contributed by atoms with Crippen LogP contribution in [0.3, 0.4) is 0 Å². The molecule has 1 unspecified atom stereocenters. The number of thioether (sulfide) groups is 1. The molecule has 1 rings (SSSR count). The fraction of sp³-hybridized carbons (Fsp3) is 1.00. The van der Waals surface area contributed by atoms with E-state index in [2.05, 4.69) is 17.1 Å². The molecule has 4 heteroatoms. The van der Waals surface area contributed by atoms with Gasteiger partial charge >= 0.3 is 0 Å². The molecule has 0 amide bonds. The highest BCUT2D eigenvalue weighted by Gasteiger charge is 2.11. The van der Waals surface area contributed by atoms with E-state index in [4.69, 9.17) is 9.47 Å². The summed E-state index contributed by atoms with van der Waals surface area (Å²) in [5.74, 6) is 2.63. The smallest absolute Gasteiger partial charge is 0.0700 e. The van der Waals surface area contributed by atoms with Gasteiger partial charge in [0.25, 0.3) is 0 Å². The van der Waals surface area contributed by atoms with Gasteiger partial charge in [-0.1, -0.05) is 0 Å². The van der Waals surface area contributed by atoms with Crippen LogP contribution in [0, 0.1) is 0 Å². The number of rotatable bonds is 8. The summed E-state index contributed by atoms with van der Waals surface area (Å²) >= 11 is 2.07. The van der Waals surface area contributed by atoms with E-state index in [1.54, 1.807) is 7.11 Å². The Labute approximate surface area is 97.3 Å². The van der Waals surface area contributed by atoms with Gasteiger partial charge in [0.15, 0.2) is 0 Å². The van der Waals surface area contributed by atoms with Gasteiger partial charge in [-0.3, -0.25) is 0 Å². The van der Waals surface area contributed by atoms with Gasteiger partial charge in [-0.15, -0.1) is 0 Å². The van der Waals surface area contributed by atoms with Gasteiger partial charge in [0, 0.05) is 25.5 Å². The minimum absolute atomic E-state index is 0.701. The lowest BCUT2D eigenvalue weighted by molar-refractivity contribution is 0.0693. The molecule has 0 spiro atoms. The molecule has 0 aromatic carbocycles. The average Bonchev–Trinajstić information content (AvgIpc) is 2.29. The van der Waals surface area contributed by atoms with Crippen molar-refractivity contribution in [2.24, 2.45) is 0 Å². The summed E-state index contributed by atoms with van der Waals surface area (Å²) in [6.07, 6.45) is 3.81. The quantitative estimate of drug-likeness (QED) is 0.644. The van der Waals surface area contributed by atoms with Crippen LogP contribution in [-0.2, 0) is 9.47 Å². The fourth-order valence-electron chi connectivity index (χ4n) is 1.63. The van der Waals surface area contributed by atoms with Crippen molar-refractivity contribution in [3.8, 4) is 0 Å². The van der Waals surface area contributed by atoms with Crippen LogP contribution in [0.5, 0.6) is 0 Å². The zero-order valence-electron chi connectivity index (χ0n) is 9.67. The van der Waals surface area contributed by atoms with Crippen molar-refractivity contribution in [3.05, 3.63) is 0 Å². The minimum atomic E-state index is 0.701. The molecule has 0 radical (unpaired) electrons. The second kappa shape index (κ2) is 9.46. The molecule has 90 valence electrons. The van der Waals surface area contributed by atoms with E-state index in [0.29, 0.717) is 6.61 Å². The first-order valence-corrected chi connectivity index (χ1v) is 6.97. The number of ether oxygens (including phenoxy) is 2. The minimum Gasteiger partial charge on any atom is -0.382 e. The predicted octanol–water partition coefficient (Wildman–Crippen LogP) is 1.52. The third-order valence-corrected chi connectivity index (χ3v) is 3.71. The Balaban J connectivity index is 1.79. The van der Waals surface area contributed by atoms with E-state index in [0.717, 1.165) is 32.2 Å². The van der Waals surface area contributed by atoms with Crippen molar-refractivity contribution in [2.75, 3.05) is 45.0 Å². The normalized spacial score (nSPS) is 21.8. The van der Waals surface area contributed by atoms with Crippen LogP contribution in [-0.4, -0.2) is 51.0 Å². The monoisotopic (exact) mass is 233 g/mol. The molecule has 1 fully saturated rings. The average molecular weight is 233 g/mol. The van der Waals surface area contributed by atoms with E-state index >= 15 is 0 Å². The number of nitrogens with one attached hydrogen (secondary N) is 1. The molecule has 1 saturated heterocycles. The molecule has 0 aromatic heterocycles. The third-order valence-electron chi connectivity index (χ3n) is 2.49. The molecule has 1 N–H and O–H groups in total. The largest absolute Gasteiger partial charge is 0.382 e. The topological polar surface area (TPSA) is 30.5 Å². The summed E-state index contributed by atoms with van der Waals surface area (Å²) in [4.78, 5) is 0. The van der Waals surface area contributed by atoms with Crippen molar-refractivity contribution in [3.63, 3.8) is 0 Å². The molecule has 0 aromatic rings. The Morgan fingerprint density at radius 1 is 1.33 bits per heavy atom. The lowest BCUT2D eigenvalue weighted by Gasteiger charge is -2.22. The number of hydrogen-bond donors (Lipinski definition) is 1. The summed E-state index contributed by atoms with van der Waals surface area (Å²) in [6.45, 7) is 3.34. The van der Waals surface area contributed by atoms with Crippen molar-refractivity contribution in [1.29, 1.82) is 0 Å². The van der Waals surface area contributed by atoms with Crippen molar-refractivity contribution < 1.29 is 9.47 Å². The van der Waals surface area contributed by atoms with Crippen LogP contribution >= 0.6 is 11.8 Å². The first-order valence-electron chi connectivity index (χ1n) is 5.81. The van der Waals surface area contributed by atoms with E-state index in [1.165, 1.54) is 24.3 Å². The second-order valence-corrected chi connectivity index (χ2v) is 4.98. The van der Waals surface area contributed by atoms with Crippen LogP contribution < -0.4 is 5.32 Å². The van der Waals surface area contributed by atoms with Gasteiger partial charge in [0.05, 0.1) is 13.2 Å². The van der Waals surface area contributed by atoms with Gasteiger partial charge in [0.1, 0.15) is 0 Å². The van der Waals surface area contributed by atoms with Crippen molar-refractivity contribution in [1.82, 2.24) is 5.32 Å². The molecule has 3 nitrogen and oxygen atoms in total. The number of hydrogen-bond acceptors (Lipinski definition) is 4. The second-order valence-electron chi connectivity index (χ2n) is 3.83. The molecule has 0 saturated carbocycles. The molecule has 0 bridgehead atoms. The van der Waals surface area contributed by atoms with E-state index in [1.807, 2.05) is 0 Å².